The highest BCUT2D eigenvalue weighted by Gasteiger charge is 2.14. The first-order chi connectivity index (χ1) is 9.61. The molecule has 0 radical (unpaired) electrons. The van der Waals surface area contributed by atoms with Crippen LogP contribution in [0.25, 0.3) is 0 Å². The van der Waals surface area contributed by atoms with E-state index in [0.717, 1.165) is 23.0 Å². The van der Waals surface area contributed by atoms with E-state index in [1.54, 1.807) is 0 Å². The zero-order chi connectivity index (χ0) is 14.5. The molecule has 106 valence electrons. The SMILES string of the molecule is CCCNC(c1ccc(F)cc1)c1ccc(Br)c(C)c1. The molecular formula is C17H19BrFN. The summed E-state index contributed by atoms with van der Waals surface area (Å²) in [5, 5.41) is 3.53. The first kappa shape index (κ1) is 15.2. The molecule has 1 N–H and O–H groups in total. The Morgan fingerprint density at radius 2 is 1.75 bits per heavy atom. The van der Waals surface area contributed by atoms with Crippen LogP contribution in [0.5, 0.6) is 0 Å². The topological polar surface area (TPSA) is 12.0 Å². The van der Waals surface area contributed by atoms with Gasteiger partial charge >= 0.3 is 0 Å². The van der Waals surface area contributed by atoms with Gasteiger partial charge in [-0.3, -0.25) is 0 Å². The van der Waals surface area contributed by atoms with Gasteiger partial charge in [-0.25, -0.2) is 4.39 Å². The van der Waals surface area contributed by atoms with Crippen LogP contribution in [0.1, 0.15) is 36.1 Å². The summed E-state index contributed by atoms with van der Waals surface area (Å²) in [5.74, 6) is -0.199. The van der Waals surface area contributed by atoms with Crippen LogP contribution < -0.4 is 5.32 Å². The first-order valence-electron chi connectivity index (χ1n) is 6.86. The molecule has 0 aliphatic rings. The summed E-state index contributed by atoms with van der Waals surface area (Å²) in [6.45, 7) is 5.15. The summed E-state index contributed by atoms with van der Waals surface area (Å²) >= 11 is 3.53. The van der Waals surface area contributed by atoms with Gasteiger partial charge in [0.05, 0.1) is 6.04 Å². The molecule has 2 aromatic carbocycles. The van der Waals surface area contributed by atoms with Gasteiger partial charge in [0.1, 0.15) is 5.82 Å². The van der Waals surface area contributed by atoms with Gasteiger partial charge in [-0.15, -0.1) is 0 Å². The van der Waals surface area contributed by atoms with Gasteiger partial charge < -0.3 is 5.32 Å². The largest absolute Gasteiger partial charge is 0.306 e. The fourth-order valence-corrected chi connectivity index (χ4v) is 2.47. The van der Waals surface area contributed by atoms with Gasteiger partial charge in [0.15, 0.2) is 0 Å². The summed E-state index contributed by atoms with van der Waals surface area (Å²) < 4.78 is 14.2. The Bertz CT molecular complexity index is 566. The number of aryl methyl sites for hydroxylation is 1. The predicted molar refractivity (Wildman–Crippen MR) is 85.4 cm³/mol. The summed E-state index contributed by atoms with van der Waals surface area (Å²) in [5.41, 5.74) is 3.49. The lowest BCUT2D eigenvalue weighted by atomic mass is 9.97. The zero-order valence-electron chi connectivity index (χ0n) is 11.8. The number of hydrogen-bond donors (Lipinski definition) is 1. The lowest BCUT2D eigenvalue weighted by Gasteiger charge is -2.20. The zero-order valence-corrected chi connectivity index (χ0v) is 13.4. The number of halogens is 2. The van der Waals surface area contributed by atoms with E-state index >= 15 is 0 Å². The molecule has 0 bridgehead atoms. The van der Waals surface area contributed by atoms with Gasteiger partial charge in [0, 0.05) is 4.47 Å². The Kier molecular flexibility index (Phi) is 5.32. The molecule has 1 atom stereocenters. The third-order valence-electron chi connectivity index (χ3n) is 3.32. The Labute approximate surface area is 128 Å². The van der Waals surface area contributed by atoms with Crippen molar-refractivity contribution in [3.05, 3.63) is 69.4 Å². The average Bonchev–Trinajstić information content (AvgIpc) is 2.45. The molecule has 0 spiro atoms. The lowest BCUT2D eigenvalue weighted by Crippen LogP contribution is -2.23. The molecule has 2 rings (SSSR count). The fraction of sp³-hybridized carbons (Fsp3) is 0.294. The first-order valence-corrected chi connectivity index (χ1v) is 7.66. The van der Waals surface area contributed by atoms with Crippen molar-refractivity contribution in [2.75, 3.05) is 6.54 Å². The highest BCUT2D eigenvalue weighted by molar-refractivity contribution is 9.10. The summed E-state index contributed by atoms with van der Waals surface area (Å²) in [7, 11) is 0. The standard InChI is InChI=1S/C17H19BrFN/c1-3-10-20-17(13-4-7-15(19)8-5-13)14-6-9-16(18)12(2)11-14/h4-9,11,17,20H,3,10H2,1-2H3. The van der Waals surface area contributed by atoms with Crippen LogP contribution in [0, 0.1) is 12.7 Å². The highest BCUT2D eigenvalue weighted by Crippen LogP contribution is 2.26. The molecule has 1 unspecified atom stereocenters. The maximum atomic E-state index is 13.1. The Hall–Kier alpha value is -1.19. The van der Waals surface area contributed by atoms with Gasteiger partial charge in [0.25, 0.3) is 0 Å². The van der Waals surface area contributed by atoms with Crippen LogP contribution in [-0.4, -0.2) is 6.54 Å². The third kappa shape index (κ3) is 3.68. The second-order valence-electron chi connectivity index (χ2n) is 4.95. The molecule has 0 fully saturated rings. The molecule has 0 aliphatic carbocycles. The Morgan fingerprint density at radius 3 is 2.35 bits per heavy atom. The molecule has 0 saturated heterocycles. The maximum Gasteiger partial charge on any atom is 0.123 e. The monoisotopic (exact) mass is 335 g/mol. The molecule has 0 saturated carbocycles. The Balaban J connectivity index is 2.35. The lowest BCUT2D eigenvalue weighted by molar-refractivity contribution is 0.592. The summed E-state index contributed by atoms with van der Waals surface area (Å²) in [4.78, 5) is 0. The van der Waals surface area contributed by atoms with E-state index in [4.69, 9.17) is 0 Å². The predicted octanol–water partition coefficient (Wildman–Crippen LogP) is 4.99. The van der Waals surface area contributed by atoms with Crippen molar-refractivity contribution in [2.45, 2.75) is 26.3 Å². The average molecular weight is 336 g/mol. The molecular weight excluding hydrogens is 317 g/mol. The minimum Gasteiger partial charge on any atom is -0.306 e. The summed E-state index contributed by atoms with van der Waals surface area (Å²) in [6, 6.07) is 13.2. The number of rotatable bonds is 5. The third-order valence-corrected chi connectivity index (χ3v) is 4.21. The van der Waals surface area contributed by atoms with E-state index in [0.29, 0.717) is 0 Å². The fourth-order valence-electron chi connectivity index (χ4n) is 2.22. The van der Waals surface area contributed by atoms with Crippen molar-refractivity contribution in [1.82, 2.24) is 5.32 Å². The molecule has 0 aromatic heterocycles. The van der Waals surface area contributed by atoms with Crippen molar-refractivity contribution in [3.63, 3.8) is 0 Å². The van der Waals surface area contributed by atoms with Crippen LogP contribution in [0.15, 0.2) is 46.9 Å². The number of benzene rings is 2. The van der Waals surface area contributed by atoms with Crippen molar-refractivity contribution in [3.8, 4) is 0 Å². The molecule has 0 heterocycles. The van der Waals surface area contributed by atoms with E-state index in [1.165, 1.54) is 23.3 Å². The van der Waals surface area contributed by atoms with Crippen LogP contribution in [0.3, 0.4) is 0 Å². The van der Waals surface area contributed by atoms with Crippen molar-refractivity contribution in [2.24, 2.45) is 0 Å². The second kappa shape index (κ2) is 7.00. The Morgan fingerprint density at radius 1 is 1.10 bits per heavy atom. The van der Waals surface area contributed by atoms with Crippen LogP contribution in [-0.2, 0) is 0 Å². The van der Waals surface area contributed by atoms with Crippen LogP contribution in [0.2, 0.25) is 0 Å². The number of nitrogens with one attached hydrogen (secondary N) is 1. The normalized spacial score (nSPS) is 12.4. The summed E-state index contributed by atoms with van der Waals surface area (Å²) in [6.07, 6.45) is 1.06. The second-order valence-corrected chi connectivity index (χ2v) is 5.80. The molecule has 20 heavy (non-hydrogen) atoms. The van der Waals surface area contributed by atoms with Crippen molar-refractivity contribution in [1.29, 1.82) is 0 Å². The molecule has 3 heteroatoms. The molecule has 0 aliphatic heterocycles. The van der Waals surface area contributed by atoms with E-state index in [2.05, 4.69) is 53.3 Å². The van der Waals surface area contributed by atoms with Gasteiger partial charge in [0.2, 0.25) is 0 Å². The van der Waals surface area contributed by atoms with Gasteiger partial charge in [-0.2, -0.15) is 0 Å². The molecule has 2 aromatic rings. The van der Waals surface area contributed by atoms with E-state index < -0.39 is 0 Å². The van der Waals surface area contributed by atoms with Gasteiger partial charge in [-0.1, -0.05) is 47.1 Å². The quantitative estimate of drug-likeness (QED) is 0.811. The highest BCUT2D eigenvalue weighted by atomic mass is 79.9. The van der Waals surface area contributed by atoms with E-state index in [1.807, 2.05) is 12.1 Å². The molecule has 0 amide bonds. The van der Waals surface area contributed by atoms with Crippen molar-refractivity contribution < 1.29 is 4.39 Å². The molecule has 1 nitrogen and oxygen atoms in total. The minimum absolute atomic E-state index is 0.0994. The van der Waals surface area contributed by atoms with E-state index in [9.17, 15) is 4.39 Å². The maximum absolute atomic E-state index is 13.1. The van der Waals surface area contributed by atoms with Crippen molar-refractivity contribution >= 4 is 15.9 Å². The number of hydrogen-bond acceptors (Lipinski definition) is 1. The van der Waals surface area contributed by atoms with Crippen LogP contribution >= 0.6 is 15.9 Å². The van der Waals surface area contributed by atoms with E-state index in [-0.39, 0.29) is 11.9 Å². The smallest absolute Gasteiger partial charge is 0.123 e. The minimum atomic E-state index is -0.199. The van der Waals surface area contributed by atoms with Gasteiger partial charge in [-0.05, 0) is 54.8 Å². The van der Waals surface area contributed by atoms with Crippen LogP contribution in [0.4, 0.5) is 4.39 Å².